The first-order chi connectivity index (χ1) is 13.9. The number of aromatic nitrogens is 1. The van der Waals surface area contributed by atoms with Crippen LogP contribution in [0.1, 0.15) is 5.56 Å². The maximum absolute atomic E-state index is 13.3. The molecule has 1 aliphatic heterocycles. The maximum atomic E-state index is 13.3. The summed E-state index contributed by atoms with van der Waals surface area (Å²) in [6.07, 6.45) is 1.58. The van der Waals surface area contributed by atoms with E-state index >= 15 is 0 Å². The Balaban J connectivity index is 1.67. The second-order valence-corrected chi connectivity index (χ2v) is 9.60. The van der Waals surface area contributed by atoms with Gasteiger partial charge in [-0.25, -0.2) is 12.4 Å². The van der Waals surface area contributed by atoms with E-state index in [1.807, 2.05) is 6.07 Å². The highest BCUT2D eigenvalue weighted by atomic mass is 35.5. The second kappa shape index (κ2) is 7.99. The number of likely N-dealkylation sites (N-methyl/N-ethyl adjacent to an activating group) is 1. The molecule has 154 valence electrons. The van der Waals surface area contributed by atoms with Gasteiger partial charge in [0.15, 0.2) is 0 Å². The predicted octanol–water partition coefficient (Wildman–Crippen LogP) is 3.29. The molecule has 29 heavy (non-hydrogen) atoms. The van der Waals surface area contributed by atoms with Crippen LogP contribution in [0, 0.1) is 0 Å². The third-order valence-electron chi connectivity index (χ3n) is 5.43. The molecule has 8 heteroatoms. The lowest BCUT2D eigenvalue weighted by atomic mass is 10.2. The Kier molecular flexibility index (Phi) is 5.57. The van der Waals surface area contributed by atoms with Crippen molar-refractivity contribution >= 4 is 32.5 Å². The molecule has 3 aromatic rings. The summed E-state index contributed by atoms with van der Waals surface area (Å²) in [7, 11) is -0.0467. The zero-order valence-corrected chi connectivity index (χ0v) is 18.1. The number of piperazine rings is 1. The van der Waals surface area contributed by atoms with E-state index in [2.05, 4.69) is 16.8 Å². The Labute approximate surface area is 176 Å². The average molecular weight is 434 g/mol. The van der Waals surface area contributed by atoms with Crippen LogP contribution in [0.15, 0.2) is 53.6 Å². The zero-order valence-electron chi connectivity index (χ0n) is 16.5. The first-order valence-electron chi connectivity index (χ1n) is 9.48. The molecule has 0 saturated carbocycles. The van der Waals surface area contributed by atoms with Gasteiger partial charge in [-0.3, -0.25) is 4.90 Å². The van der Waals surface area contributed by atoms with E-state index in [1.54, 1.807) is 49.7 Å². The van der Waals surface area contributed by atoms with Crippen LogP contribution >= 0.6 is 11.6 Å². The van der Waals surface area contributed by atoms with Crippen molar-refractivity contribution in [1.29, 1.82) is 0 Å². The Morgan fingerprint density at radius 3 is 2.52 bits per heavy atom. The summed E-state index contributed by atoms with van der Waals surface area (Å²) in [6, 6.07) is 12.1. The smallest absolute Gasteiger partial charge is 0.268 e. The molecule has 0 aliphatic carbocycles. The van der Waals surface area contributed by atoms with Crippen molar-refractivity contribution in [2.75, 3.05) is 40.3 Å². The molecular formula is C21H24ClN3O3S. The number of rotatable bonds is 5. The van der Waals surface area contributed by atoms with Gasteiger partial charge in [0.25, 0.3) is 10.0 Å². The molecule has 2 heterocycles. The molecule has 1 aliphatic rings. The van der Waals surface area contributed by atoms with Crippen molar-refractivity contribution in [3.05, 3.63) is 59.2 Å². The van der Waals surface area contributed by atoms with E-state index in [0.717, 1.165) is 37.1 Å². The predicted molar refractivity (Wildman–Crippen MR) is 115 cm³/mol. The fraction of sp³-hybridized carbons (Fsp3) is 0.333. The van der Waals surface area contributed by atoms with E-state index in [9.17, 15) is 8.42 Å². The topological polar surface area (TPSA) is 54.8 Å². The van der Waals surface area contributed by atoms with Crippen LogP contribution in [-0.2, 0) is 16.6 Å². The Hall–Kier alpha value is -2.06. The van der Waals surface area contributed by atoms with Crippen LogP contribution in [0.3, 0.4) is 0 Å². The number of ether oxygens (including phenoxy) is 1. The van der Waals surface area contributed by atoms with Crippen molar-refractivity contribution in [3.8, 4) is 5.75 Å². The molecule has 0 amide bonds. The van der Waals surface area contributed by atoms with Crippen LogP contribution in [0.4, 0.5) is 0 Å². The SMILES string of the molecule is COc1ccc2c(ccn2S(=O)(=O)c2ccc(Cl)c(CN3CCN(C)CC3)c2)c1. The fourth-order valence-electron chi connectivity index (χ4n) is 3.62. The van der Waals surface area contributed by atoms with E-state index in [4.69, 9.17) is 16.3 Å². The average Bonchev–Trinajstić information content (AvgIpc) is 3.15. The van der Waals surface area contributed by atoms with Crippen LogP contribution < -0.4 is 4.74 Å². The highest BCUT2D eigenvalue weighted by molar-refractivity contribution is 7.90. The van der Waals surface area contributed by atoms with Crippen molar-refractivity contribution < 1.29 is 13.2 Å². The molecule has 0 bridgehead atoms. The van der Waals surface area contributed by atoms with Crippen LogP contribution in [0.5, 0.6) is 5.75 Å². The summed E-state index contributed by atoms with van der Waals surface area (Å²) < 4.78 is 33.2. The number of benzene rings is 2. The Morgan fingerprint density at radius 1 is 1.03 bits per heavy atom. The fourth-order valence-corrected chi connectivity index (χ4v) is 5.21. The molecule has 1 fully saturated rings. The van der Waals surface area contributed by atoms with Crippen LogP contribution in [0.25, 0.3) is 10.9 Å². The highest BCUT2D eigenvalue weighted by Crippen LogP contribution is 2.28. The summed E-state index contributed by atoms with van der Waals surface area (Å²) in [4.78, 5) is 4.82. The van der Waals surface area contributed by atoms with E-state index in [0.29, 0.717) is 22.8 Å². The lowest BCUT2D eigenvalue weighted by Crippen LogP contribution is -2.43. The minimum Gasteiger partial charge on any atom is -0.497 e. The van der Waals surface area contributed by atoms with Gasteiger partial charge >= 0.3 is 0 Å². The van der Waals surface area contributed by atoms with Gasteiger partial charge in [0, 0.05) is 49.3 Å². The van der Waals surface area contributed by atoms with E-state index in [1.165, 1.54) is 3.97 Å². The lowest BCUT2D eigenvalue weighted by molar-refractivity contribution is 0.148. The van der Waals surface area contributed by atoms with Gasteiger partial charge < -0.3 is 9.64 Å². The molecular weight excluding hydrogens is 410 g/mol. The summed E-state index contributed by atoms with van der Waals surface area (Å²) in [5.41, 5.74) is 1.44. The minimum absolute atomic E-state index is 0.236. The number of fused-ring (bicyclic) bond motifs is 1. The van der Waals surface area contributed by atoms with Crippen LogP contribution in [0.2, 0.25) is 5.02 Å². The van der Waals surface area contributed by atoms with Gasteiger partial charge in [0.1, 0.15) is 5.75 Å². The quantitative estimate of drug-likeness (QED) is 0.618. The third kappa shape index (κ3) is 4.00. The standard InChI is InChI=1S/C21H24ClN3O3S/c1-23-9-11-24(12-10-23)15-17-14-19(4-5-20(17)22)29(26,27)25-8-7-16-13-18(28-2)3-6-21(16)25/h3-8,13-14H,9-12,15H2,1-2H3. The van der Waals surface area contributed by atoms with Gasteiger partial charge in [0.05, 0.1) is 17.5 Å². The van der Waals surface area contributed by atoms with Gasteiger partial charge in [-0.05, 0) is 55.1 Å². The Bertz CT molecular complexity index is 1140. The molecule has 1 aromatic heterocycles. The number of hydrogen-bond acceptors (Lipinski definition) is 5. The monoisotopic (exact) mass is 433 g/mol. The first kappa shape index (κ1) is 20.2. The summed E-state index contributed by atoms with van der Waals surface area (Å²) in [5.74, 6) is 0.689. The van der Waals surface area contributed by atoms with Crippen LogP contribution in [-0.4, -0.2) is 62.5 Å². The first-order valence-corrected chi connectivity index (χ1v) is 11.3. The normalized spacial score (nSPS) is 16.4. The minimum atomic E-state index is -3.74. The second-order valence-electron chi connectivity index (χ2n) is 7.37. The molecule has 4 rings (SSSR count). The zero-order chi connectivity index (χ0) is 20.6. The molecule has 0 spiro atoms. The molecule has 2 aromatic carbocycles. The van der Waals surface area contributed by atoms with E-state index < -0.39 is 10.0 Å². The maximum Gasteiger partial charge on any atom is 0.268 e. The number of nitrogens with zero attached hydrogens (tertiary/aromatic N) is 3. The number of hydrogen-bond donors (Lipinski definition) is 0. The molecule has 0 N–H and O–H groups in total. The largest absolute Gasteiger partial charge is 0.497 e. The van der Waals surface area contributed by atoms with Crippen molar-refractivity contribution in [2.45, 2.75) is 11.4 Å². The lowest BCUT2D eigenvalue weighted by Gasteiger charge is -2.32. The van der Waals surface area contributed by atoms with Gasteiger partial charge in [-0.1, -0.05) is 11.6 Å². The van der Waals surface area contributed by atoms with Crippen molar-refractivity contribution in [3.63, 3.8) is 0 Å². The van der Waals surface area contributed by atoms with Gasteiger partial charge in [0.2, 0.25) is 0 Å². The molecule has 6 nitrogen and oxygen atoms in total. The van der Waals surface area contributed by atoms with Gasteiger partial charge in [-0.2, -0.15) is 0 Å². The summed E-state index contributed by atoms with van der Waals surface area (Å²) in [6.45, 7) is 4.50. The summed E-state index contributed by atoms with van der Waals surface area (Å²) in [5, 5.41) is 1.39. The number of methoxy groups -OCH3 is 1. The Morgan fingerprint density at radius 2 is 1.79 bits per heavy atom. The molecule has 0 atom stereocenters. The number of halogens is 1. The molecule has 0 radical (unpaired) electrons. The molecule has 1 saturated heterocycles. The highest BCUT2D eigenvalue weighted by Gasteiger charge is 2.22. The third-order valence-corrected chi connectivity index (χ3v) is 7.48. The van der Waals surface area contributed by atoms with Crippen molar-refractivity contribution in [1.82, 2.24) is 13.8 Å². The van der Waals surface area contributed by atoms with Crippen molar-refractivity contribution in [2.24, 2.45) is 0 Å². The molecule has 0 unspecified atom stereocenters. The summed E-state index contributed by atoms with van der Waals surface area (Å²) >= 11 is 6.39. The van der Waals surface area contributed by atoms with E-state index in [-0.39, 0.29) is 4.90 Å². The van der Waals surface area contributed by atoms with Gasteiger partial charge in [-0.15, -0.1) is 0 Å².